The lowest BCUT2D eigenvalue weighted by Gasteiger charge is -2.16. The van der Waals surface area contributed by atoms with E-state index in [4.69, 9.17) is 5.26 Å². The van der Waals surface area contributed by atoms with Crippen LogP contribution >= 0.6 is 0 Å². The highest BCUT2D eigenvalue weighted by Crippen LogP contribution is 2.24. The van der Waals surface area contributed by atoms with Gasteiger partial charge >= 0.3 is 0 Å². The second-order valence-electron chi connectivity index (χ2n) is 3.78. The molecule has 0 saturated carbocycles. The molecule has 1 aliphatic rings. The van der Waals surface area contributed by atoms with Crippen molar-refractivity contribution < 1.29 is 0 Å². The summed E-state index contributed by atoms with van der Waals surface area (Å²) in [6.45, 7) is 3.73. The summed E-state index contributed by atoms with van der Waals surface area (Å²) in [4.78, 5) is 0. The van der Waals surface area contributed by atoms with Gasteiger partial charge in [0.2, 0.25) is 0 Å². The van der Waals surface area contributed by atoms with Gasteiger partial charge in [-0.15, -0.1) is 0 Å². The summed E-state index contributed by atoms with van der Waals surface area (Å²) in [6.07, 6.45) is 4.91. The lowest BCUT2D eigenvalue weighted by Crippen LogP contribution is -2.02. The molecule has 14 heavy (non-hydrogen) atoms. The molecule has 0 fully saturated rings. The average molecular weight is 183 g/mol. The number of allylic oxidation sites excluding steroid dienone is 1. The van der Waals surface area contributed by atoms with E-state index in [-0.39, 0.29) is 0 Å². The van der Waals surface area contributed by atoms with Crippen LogP contribution in [-0.4, -0.2) is 0 Å². The topological polar surface area (TPSA) is 23.8 Å². The van der Waals surface area contributed by atoms with Crippen LogP contribution in [0.5, 0.6) is 0 Å². The van der Waals surface area contributed by atoms with Gasteiger partial charge in [-0.25, -0.2) is 0 Å². The molecular formula is C13H13N. The van der Waals surface area contributed by atoms with Crippen LogP contribution in [0.4, 0.5) is 0 Å². The van der Waals surface area contributed by atoms with E-state index in [0.717, 1.165) is 12.0 Å². The maximum atomic E-state index is 8.74. The molecule has 0 spiro atoms. The number of nitriles is 1. The third-order valence-corrected chi connectivity index (χ3v) is 2.83. The van der Waals surface area contributed by atoms with Crippen molar-refractivity contribution in [2.24, 2.45) is 0 Å². The molecule has 0 radical (unpaired) electrons. The summed E-state index contributed by atoms with van der Waals surface area (Å²) in [5.74, 6) is 0. The summed E-state index contributed by atoms with van der Waals surface area (Å²) < 4.78 is 0. The smallest absolute Gasteiger partial charge is 0.0991 e. The van der Waals surface area contributed by atoms with Gasteiger partial charge in [-0.05, 0) is 42.4 Å². The minimum Gasteiger partial charge on any atom is -0.192 e. The Kier molecular flexibility index (Phi) is 2.37. The van der Waals surface area contributed by atoms with Gasteiger partial charge in [0.1, 0.15) is 0 Å². The predicted molar refractivity (Wildman–Crippen MR) is 57.7 cm³/mol. The van der Waals surface area contributed by atoms with Crippen molar-refractivity contribution in [3.63, 3.8) is 0 Å². The Labute approximate surface area is 84.7 Å². The quantitative estimate of drug-likeness (QED) is 0.614. The molecule has 1 aromatic carbocycles. The van der Waals surface area contributed by atoms with Crippen molar-refractivity contribution >= 4 is 5.57 Å². The summed E-state index contributed by atoms with van der Waals surface area (Å²) in [6, 6.07) is 8.37. The first-order valence-corrected chi connectivity index (χ1v) is 5.02. The van der Waals surface area contributed by atoms with Crippen molar-refractivity contribution in [2.75, 3.05) is 0 Å². The van der Waals surface area contributed by atoms with Crippen LogP contribution in [0.3, 0.4) is 0 Å². The molecule has 0 bridgehead atoms. The van der Waals surface area contributed by atoms with E-state index in [9.17, 15) is 0 Å². The Morgan fingerprint density at radius 1 is 1.21 bits per heavy atom. The number of rotatable bonds is 1. The predicted octanol–water partition coefficient (Wildman–Crippen LogP) is 3.10. The third-order valence-electron chi connectivity index (χ3n) is 2.83. The second kappa shape index (κ2) is 3.67. The third kappa shape index (κ3) is 1.56. The van der Waals surface area contributed by atoms with Crippen molar-refractivity contribution in [3.05, 3.63) is 41.5 Å². The van der Waals surface area contributed by atoms with E-state index in [0.29, 0.717) is 5.57 Å². The summed E-state index contributed by atoms with van der Waals surface area (Å²) in [7, 11) is 0. The minimum atomic E-state index is 0.568. The largest absolute Gasteiger partial charge is 0.192 e. The molecule has 1 aromatic rings. The first kappa shape index (κ1) is 9.02. The summed E-state index contributed by atoms with van der Waals surface area (Å²) in [5, 5.41) is 8.74. The highest BCUT2D eigenvalue weighted by atomic mass is 14.2. The monoisotopic (exact) mass is 183 g/mol. The van der Waals surface area contributed by atoms with Crippen LogP contribution in [0.15, 0.2) is 24.8 Å². The summed E-state index contributed by atoms with van der Waals surface area (Å²) >= 11 is 0. The Bertz CT molecular complexity index is 410. The molecule has 0 saturated heterocycles. The zero-order valence-corrected chi connectivity index (χ0v) is 8.21. The normalized spacial score (nSPS) is 14.2. The summed E-state index contributed by atoms with van der Waals surface area (Å²) in [5.41, 5.74) is 4.41. The van der Waals surface area contributed by atoms with Gasteiger partial charge < -0.3 is 0 Å². The fourth-order valence-corrected chi connectivity index (χ4v) is 1.99. The van der Waals surface area contributed by atoms with Gasteiger partial charge in [-0.2, -0.15) is 5.26 Å². The molecule has 0 unspecified atom stereocenters. The Hall–Kier alpha value is -1.55. The number of hydrogen-bond donors (Lipinski definition) is 0. The minimum absolute atomic E-state index is 0.568. The molecule has 2 rings (SSSR count). The molecule has 0 aliphatic heterocycles. The van der Waals surface area contributed by atoms with Crippen molar-refractivity contribution in [1.29, 1.82) is 5.26 Å². The lowest BCUT2D eigenvalue weighted by atomic mass is 9.89. The van der Waals surface area contributed by atoms with Gasteiger partial charge in [0.15, 0.2) is 0 Å². The average Bonchev–Trinajstić information content (AvgIpc) is 2.27. The fourth-order valence-electron chi connectivity index (χ4n) is 1.99. The molecule has 0 atom stereocenters. The number of fused-ring (bicyclic) bond motifs is 1. The van der Waals surface area contributed by atoms with Crippen molar-refractivity contribution in [2.45, 2.75) is 25.7 Å². The van der Waals surface area contributed by atoms with Gasteiger partial charge in [-0.1, -0.05) is 24.8 Å². The van der Waals surface area contributed by atoms with Crippen molar-refractivity contribution in [1.82, 2.24) is 0 Å². The van der Waals surface area contributed by atoms with E-state index in [1.807, 2.05) is 6.07 Å². The molecule has 0 aromatic heterocycles. The maximum Gasteiger partial charge on any atom is 0.0991 e. The Morgan fingerprint density at radius 2 is 1.93 bits per heavy atom. The van der Waals surface area contributed by atoms with E-state index < -0.39 is 0 Å². The standard InChI is InChI=1S/C13H13N/c1-10(9-14)12-7-6-11-4-2-3-5-13(11)8-12/h6-8H,1-5H2. The SMILES string of the molecule is C=C(C#N)c1ccc2c(c1)CCCC2. The molecule has 1 nitrogen and oxygen atoms in total. The number of nitrogens with zero attached hydrogens (tertiary/aromatic N) is 1. The second-order valence-corrected chi connectivity index (χ2v) is 3.78. The molecule has 0 amide bonds. The molecule has 0 N–H and O–H groups in total. The van der Waals surface area contributed by atoms with Crippen LogP contribution < -0.4 is 0 Å². The maximum absolute atomic E-state index is 8.74. The van der Waals surface area contributed by atoms with E-state index >= 15 is 0 Å². The highest BCUT2D eigenvalue weighted by Gasteiger charge is 2.09. The van der Waals surface area contributed by atoms with E-state index in [1.54, 1.807) is 0 Å². The van der Waals surface area contributed by atoms with E-state index in [1.165, 1.54) is 30.4 Å². The van der Waals surface area contributed by atoms with Gasteiger partial charge in [0.25, 0.3) is 0 Å². The Balaban J connectivity index is 2.39. The molecule has 70 valence electrons. The molecular weight excluding hydrogens is 170 g/mol. The van der Waals surface area contributed by atoms with Gasteiger partial charge in [0.05, 0.1) is 11.6 Å². The van der Waals surface area contributed by atoms with Crippen LogP contribution in [0.25, 0.3) is 5.57 Å². The number of benzene rings is 1. The molecule has 1 heteroatoms. The number of aryl methyl sites for hydroxylation is 2. The zero-order valence-electron chi connectivity index (χ0n) is 8.21. The molecule has 1 aliphatic carbocycles. The Morgan fingerprint density at radius 3 is 2.64 bits per heavy atom. The fraction of sp³-hybridized carbons (Fsp3) is 0.308. The van der Waals surface area contributed by atoms with Crippen LogP contribution in [0, 0.1) is 11.3 Å². The van der Waals surface area contributed by atoms with Crippen molar-refractivity contribution in [3.8, 4) is 6.07 Å². The van der Waals surface area contributed by atoms with Crippen LogP contribution in [0.2, 0.25) is 0 Å². The van der Waals surface area contributed by atoms with Gasteiger partial charge in [-0.3, -0.25) is 0 Å². The molecule has 0 heterocycles. The van der Waals surface area contributed by atoms with Gasteiger partial charge in [0, 0.05) is 0 Å². The number of hydrogen-bond acceptors (Lipinski definition) is 1. The zero-order chi connectivity index (χ0) is 9.97. The first-order chi connectivity index (χ1) is 6.81. The van der Waals surface area contributed by atoms with E-state index in [2.05, 4.69) is 24.8 Å². The van der Waals surface area contributed by atoms with Crippen LogP contribution in [0.1, 0.15) is 29.5 Å². The lowest BCUT2D eigenvalue weighted by molar-refractivity contribution is 0.685. The first-order valence-electron chi connectivity index (χ1n) is 5.02. The van der Waals surface area contributed by atoms with Crippen LogP contribution in [-0.2, 0) is 12.8 Å². The highest BCUT2D eigenvalue weighted by molar-refractivity contribution is 5.75.